The molecule has 1 saturated carbocycles. The lowest BCUT2D eigenvalue weighted by molar-refractivity contribution is 0.239. The van der Waals surface area contributed by atoms with E-state index in [1.165, 1.54) is 10.7 Å². The molecular weight excluding hydrogens is 420 g/mol. The average molecular weight is 440 g/mol. The summed E-state index contributed by atoms with van der Waals surface area (Å²) in [4.78, 5) is 0.159. The van der Waals surface area contributed by atoms with Crippen molar-refractivity contribution in [3.8, 4) is 0 Å². The van der Waals surface area contributed by atoms with Crippen LogP contribution in [0.2, 0.25) is 0 Å². The molecule has 1 aromatic rings. The molecule has 0 saturated heterocycles. The van der Waals surface area contributed by atoms with Crippen molar-refractivity contribution in [2.24, 2.45) is 5.92 Å². The van der Waals surface area contributed by atoms with Gasteiger partial charge in [0.15, 0.2) is 0 Å². The number of sulfonamides is 1. The summed E-state index contributed by atoms with van der Waals surface area (Å²) in [5, 5.41) is 0. The molecule has 1 fully saturated rings. The van der Waals surface area contributed by atoms with Gasteiger partial charge in [0.05, 0.1) is 5.69 Å². The van der Waals surface area contributed by atoms with E-state index in [1.807, 2.05) is 0 Å². The van der Waals surface area contributed by atoms with Gasteiger partial charge < -0.3 is 5.73 Å². The zero-order valence-corrected chi connectivity index (χ0v) is 16.1. The lowest BCUT2D eigenvalue weighted by Crippen LogP contribution is -2.40. The van der Waals surface area contributed by atoms with Crippen LogP contribution in [0.15, 0.2) is 26.0 Å². The van der Waals surface area contributed by atoms with Crippen LogP contribution in [-0.4, -0.2) is 25.8 Å². The number of hydrogen-bond donors (Lipinski definition) is 1. The van der Waals surface area contributed by atoms with Gasteiger partial charge in [-0.15, -0.1) is 0 Å². The zero-order chi connectivity index (χ0) is 15.8. The van der Waals surface area contributed by atoms with Crippen LogP contribution in [0.4, 0.5) is 5.69 Å². The first kappa shape index (κ1) is 17.2. The monoisotopic (exact) mass is 438 g/mol. The van der Waals surface area contributed by atoms with Crippen LogP contribution < -0.4 is 5.73 Å². The molecule has 21 heavy (non-hydrogen) atoms. The maximum atomic E-state index is 12.9. The number of nitrogens with two attached hydrogens (primary N) is 1. The highest BCUT2D eigenvalue weighted by molar-refractivity contribution is 9.11. The van der Waals surface area contributed by atoms with E-state index in [2.05, 4.69) is 38.8 Å². The Balaban J connectivity index is 2.38. The molecule has 1 aliphatic carbocycles. The van der Waals surface area contributed by atoms with Gasteiger partial charge in [0.2, 0.25) is 10.0 Å². The smallest absolute Gasteiger partial charge is 0.246 e. The second-order valence-corrected chi connectivity index (χ2v) is 9.46. The Labute approximate surface area is 143 Å². The average Bonchev–Trinajstić information content (AvgIpc) is 2.36. The molecule has 0 radical (unpaired) electrons. The van der Waals surface area contributed by atoms with Crippen LogP contribution in [0.3, 0.4) is 0 Å². The minimum Gasteiger partial charge on any atom is -0.398 e. The first-order chi connectivity index (χ1) is 9.73. The lowest BCUT2D eigenvalue weighted by Gasteiger charge is -2.33. The molecule has 0 heterocycles. The largest absolute Gasteiger partial charge is 0.398 e. The lowest BCUT2D eigenvalue weighted by atomic mass is 9.87. The minimum absolute atomic E-state index is 0.0497. The quantitative estimate of drug-likeness (QED) is 0.724. The van der Waals surface area contributed by atoms with Crippen LogP contribution in [-0.2, 0) is 10.0 Å². The van der Waals surface area contributed by atoms with Crippen molar-refractivity contribution in [2.75, 3.05) is 12.8 Å². The summed E-state index contributed by atoms with van der Waals surface area (Å²) >= 11 is 6.64. The molecule has 4 nitrogen and oxygen atoms in total. The van der Waals surface area contributed by atoms with Gasteiger partial charge >= 0.3 is 0 Å². The predicted octanol–water partition coefficient (Wildman–Crippen LogP) is 3.99. The van der Waals surface area contributed by atoms with Gasteiger partial charge in [-0.3, -0.25) is 0 Å². The predicted molar refractivity (Wildman–Crippen MR) is 92.6 cm³/mol. The van der Waals surface area contributed by atoms with Crippen LogP contribution in [0.5, 0.6) is 0 Å². The zero-order valence-electron chi connectivity index (χ0n) is 12.1. The molecular formula is C14H20Br2N2O2S. The molecule has 0 aliphatic heterocycles. The van der Waals surface area contributed by atoms with Gasteiger partial charge in [0, 0.05) is 22.0 Å². The number of nitrogen functional groups attached to an aromatic ring is 1. The van der Waals surface area contributed by atoms with E-state index >= 15 is 0 Å². The van der Waals surface area contributed by atoms with E-state index in [0.29, 0.717) is 10.4 Å². The fourth-order valence-corrected chi connectivity index (χ4v) is 6.33. The molecule has 2 unspecified atom stereocenters. The molecule has 0 bridgehead atoms. The maximum Gasteiger partial charge on any atom is 0.246 e. The van der Waals surface area contributed by atoms with Crippen molar-refractivity contribution in [2.45, 2.75) is 43.5 Å². The molecule has 0 aromatic heterocycles. The van der Waals surface area contributed by atoms with Crippen LogP contribution >= 0.6 is 31.9 Å². The number of anilines is 1. The highest BCUT2D eigenvalue weighted by atomic mass is 79.9. The number of hydrogen-bond acceptors (Lipinski definition) is 3. The van der Waals surface area contributed by atoms with Crippen LogP contribution in [0.25, 0.3) is 0 Å². The van der Waals surface area contributed by atoms with Gasteiger partial charge in [-0.25, -0.2) is 8.42 Å². The number of benzene rings is 1. The van der Waals surface area contributed by atoms with Crippen LogP contribution in [0.1, 0.15) is 32.6 Å². The van der Waals surface area contributed by atoms with Crippen molar-refractivity contribution >= 4 is 47.6 Å². The van der Waals surface area contributed by atoms with Crippen molar-refractivity contribution in [1.29, 1.82) is 0 Å². The van der Waals surface area contributed by atoms with Crippen molar-refractivity contribution in [3.63, 3.8) is 0 Å². The first-order valence-corrected chi connectivity index (χ1v) is 9.98. The SMILES string of the molecule is CC1CCCC(N(C)S(=O)(=O)c2c(N)cc(Br)cc2Br)C1. The standard InChI is InChI=1S/C14H20Br2N2O2S/c1-9-4-3-5-11(6-9)18(2)21(19,20)14-12(16)7-10(15)8-13(14)17/h7-9,11H,3-6,17H2,1-2H3. The fraction of sp³-hybridized carbons (Fsp3) is 0.571. The molecule has 118 valence electrons. The highest BCUT2D eigenvalue weighted by Gasteiger charge is 2.33. The Morgan fingerprint density at radius 3 is 2.52 bits per heavy atom. The highest BCUT2D eigenvalue weighted by Crippen LogP contribution is 2.36. The summed E-state index contributed by atoms with van der Waals surface area (Å²) in [5.74, 6) is 0.562. The normalized spacial score (nSPS) is 23.5. The number of rotatable bonds is 3. The van der Waals surface area contributed by atoms with Gasteiger partial charge in [0.1, 0.15) is 4.90 Å². The third-order valence-corrected chi connectivity index (χ3v) is 7.47. The molecule has 2 atom stereocenters. The molecule has 2 N–H and O–H groups in total. The molecule has 1 aromatic carbocycles. The van der Waals surface area contributed by atoms with Crippen molar-refractivity contribution in [3.05, 3.63) is 21.1 Å². The second-order valence-electron chi connectivity index (χ2n) is 5.75. The Bertz CT molecular complexity index is 611. The summed E-state index contributed by atoms with van der Waals surface area (Å²) in [6, 6.07) is 3.38. The molecule has 2 rings (SSSR count). The Hall–Kier alpha value is -0.110. The van der Waals surface area contributed by atoms with Gasteiger partial charge in [-0.2, -0.15) is 4.31 Å². The van der Waals surface area contributed by atoms with Crippen molar-refractivity contribution < 1.29 is 8.42 Å². The third kappa shape index (κ3) is 3.63. The minimum atomic E-state index is -3.60. The van der Waals surface area contributed by atoms with E-state index in [0.717, 1.165) is 23.7 Å². The maximum absolute atomic E-state index is 12.9. The summed E-state index contributed by atoms with van der Waals surface area (Å²) in [5.41, 5.74) is 6.19. The van der Waals surface area contributed by atoms with Gasteiger partial charge in [0.25, 0.3) is 0 Å². The summed E-state index contributed by atoms with van der Waals surface area (Å²) in [6.45, 7) is 2.18. The van der Waals surface area contributed by atoms with Gasteiger partial charge in [-0.05, 0) is 46.8 Å². The van der Waals surface area contributed by atoms with Crippen molar-refractivity contribution in [1.82, 2.24) is 4.31 Å². The Morgan fingerprint density at radius 2 is 1.95 bits per heavy atom. The summed E-state index contributed by atoms with van der Waals surface area (Å²) in [7, 11) is -1.94. The summed E-state index contributed by atoms with van der Waals surface area (Å²) in [6.07, 6.45) is 4.06. The summed E-state index contributed by atoms with van der Waals surface area (Å²) < 4.78 is 28.5. The van der Waals surface area contributed by atoms with Crippen LogP contribution in [0, 0.1) is 5.92 Å². The Morgan fingerprint density at radius 1 is 1.29 bits per heavy atom. The van der Waals surface area contributed by atoms with Gasteiger partial charge in [-0.1, -0.05) is 35.7 Å². The molecule has 0 spiro atoms. The second kappa shape index (κ2) is 6.56. The third-order valence-electron chi connectivity index (χ3n) is 4.10. The van der Waals surface area contributed by atoms with E-state index < -0.39 is 10.0 Å². The molecule has 0 amide bonds. The van der Waals surface area contributed by atoms with E-state index in [1.54, 1.807) is 19.2 Å². The molecule has 1 aliphatic rings. The molecule has 7 heteroatoms. The first-order valence-electron chi connectivity index (χ1n) is 6.96. The number of halogens is 2. The fourth-order valence-electron chi connectivity index (χ4n) is 2.92. The van der Waals surface area contributed by atoms with E-state index in [-0.39, 0.29) is 16.6 Å². The topological polar surface area (TPSA) is 63.4 Å². The van der Waals surface area contributed by atoms with E-state index in [9.17, 15) is 8.42 Å². The Kier molecular flexibility index (Phi) is 5.39. The number of nitrogens with zero attached hydrogens (tertiary/aromatic N) is 1. The van der Waals surface area contributed by atoms with E-state index in [4.69, 9.17) is 5.73 Å².